The fourth-order valence-corrected chi connectivity index (χ4v) is 5.28. The van der Waals surface area contributed by atoms with E-state index in [1.807, 2.05) is 54.6 Å². The second-order valence-electron chi connectivity index (χ2n) is 11.0. The van der Waals surface area contributed by atoms with Crippen LogP contribution in [0.5, 0.6) is 17.2 Å². The topological polar surface area (TPSA) is 132 Å². The Labute approximate surface area is 272 Å². The second-order valence-corrected chi connectivity index (χ2v) is 11.0. The van der Waals surface area contributed by atoms with Crippen LogP contribution >= 0.6 is 0 Å². The normalized spacial score (nSPS) is 12.9. The number of carbonyl (C=O) groups is 2. The summed E-state index contributed by atoms with van der Waals surface area (Å²) in [6, 6.07) is 23.4. The predicted molar refractivity (Wildman–Crippen MR) is 181 cm³/mol. The molecule has 0 bridgehead atoms. The third-order valence-corrected chi connectivity index (χ3v) is 7.73. The number of hydrogen-bond donors (Lipinski definition) is 3. The number of anilines is 3. The first-order valence-corrected chi connectivity index (χ1v) is 15.6. The summed E-state index contributed by atoms with van der Waals surface area (Å²) in [7, 11) is 1.62. The maximum Gasteiger partial charge on any atom is 0.324 e. The van der Waals surface area contributed by atoms with Crippen molar-refractivity contribution in [1.29, 1.82) is 0 Å². The zero-order valence-corrected chi connectivity index (χ0v) is 26.4. The monoisotopic (exact) mass is 635 g/mol. The molecule has 0 spiro atoms. The van der Waals surface area contributed by atoms with E-state index in [0.29, 0.717) is 55.1 Å². The van der Waals surface area contributed by atoms with Gasteiger partial charge in [0.05, 0.1) is 37.4 Å². The molecule has 2 aromatic heterocycles. The summed E-state index contributed by atoms with van der Waals surface area (Å²) in [6.07, 6.45) is 4.42. The van der Waals surface area contributed by atoms with E-state index < -0.39 is 6.03 Å². The average molecular weight is 636 g/mol. The number of aromatic nitrogens is 3. The number of amides is 4. The van der Waals surface area contributed by atoms with Crippen LogP contribution in [0, 0.1) is 0 Å². The highest BCUT2D eigenvalue weighted by molar-refractivity contribution is 6.07. The summed E-state index contributed by atoms with van der Waals surface area (Å²) in [5.74, 6) is 2.76. The van der Waals surface area contributed by atoms with Gasteiger partial charge in [-0.2, -0.15) is 5.10 Å². The zero-order chi connectivity index (χ0) is 32.6. The van der Waals surface area contributed by atoms with Crippen molar-refractivity contribution in [3.05, 3.63) is 90.8 Å². The lowest BCUT2D eigenvalue weighted by Gasteiger charge is -2.26. The quantitative estimate of drug-likeness (QED) is 0.150. The number of ether oxygens (including phenoxy) is 3. The molecule has 3 N–H and O–H groups in total. The zero-order valence-electron chi connectivity index (χ0n) is 26.4. The lowest BCUT2D eigenvalue weighted by atomic mass is 10.1. The van der Waals surface area contributed by atoms with Crippen molar-refractivity contribution in [3.8, 4) is 22.9 Å². The maximum absolute atomic E-state index is 13.4. The number of methoxy groups -OCH3 is 1. The molecule has 3 aromatic carbocycles. The maximum atomic E-state index is 13.4. The van der Waals surface area contributed by atoms with Gasteiger partial charge in [-0.05, 0) is 55.3 Å². The molecule has 5 aromatic rings. The smallest absolute Gasteiger partial charge is 0.324 e. The van der Waals surface area contributed by atoms with E-state index in [2.05, 4.69) is 27.9 Å². The molecule has 242 valence electrons. The summed E-state index contributed by atoms with van der Waals surface area (Å²) in [5.41, 5.74) is 2.31. The Kier molecular flexibility index (Phi) is 9.78. The van der Waals surface area contributed by atoms with Crippen LogP contribution in [0.25, 0.3) is 16.5 Å². The van der Waals surface area contributed by atoms with Gasteiger partial charge in [0.1, 0.15) is 28.9 Å². The highest BCUT2D eigenvalue weighted by Crippen LogP contribution is 2.35. The average Bonchev–Trinajstić information content (AvgIpc) is 3.51. The summed E-state index contributed by atoms with van der Waals surface area (Å²) in [6.45, 7) is 4.21. The van der Waals surface area contributed by atoms with Gasteiger partial charge in [0.2, 0.25) is 0 Å². The fraction of sp³-hybridized carbons (Fsp3) is 0.257. The molecular weight excluding hydrogens is 598 g/mol. The van der Waals surface area contributed by atoms with Crippen molar-refractivity contribution in [2.24, 2.45) is 0 Å². The Morgan fingerprint density at radius 1 is 0.894 bits per heavy atom. The van der Waals surface area contributed by atoms with E-state index in [0.717, 1.165) is 47.2 Å². The number of aryl methyl sites for hydroxylation is 1. The van der Waals surface area contributed by atoms with Gasteiger partial charge in [-0.25, -0.2) is 19.3 Å². The third kappa shape index (κ3) is 7.61. The Morgan fingerprint density at radius 2 is 1.68 bits per heavy atom. The van der Waals surface area contributed by atoms with Gasteiger partial charge in [0.25, 0.3) is 0 Å². The summed E-state index contributed by atoms with van der Waals surface area (Å²) in [5, 5.41) is 15.2. The van der Waals surface area contributed by atoms with Gasteiger partial charge < -0.3 is 24.4 Å². The molecule has 3 heterocycles. The van der Waals surface area contributed by atoms with E-state index in [-0.39, 0.29) is 6.03 Å². The van der Waals surface area contributed by atoms with Crippen LogP contribution in [0.3, 0.4) is 0 Å². The minimum absolute atomic E-state index is 0.235. The molecule has 1 aliphatic heterocycles. The number of nitrogens with one attached hydrogen (secondary N) is 3. The van der Waals surface area contributed by atoms with E-state index in [9.17, 15) is 9.59 Å². The number of urea groups is 2. The number of morpholine rings is 1. The number of fused-ring (bicyclic) bond motifs is 1. The van der Waals surface area contributed by atoms with Crippen LogP contribution in [-0.4, -0.2) is 65.1 Å². The van der Waals surface area contributed by atoms with Crippen molar-refractivity contribution in [3.63, 3.8) is 0 Å². The Bertz CT molecular complexity index is 1850. The van der Waals surface area contributed by atoms with Crippen molar-refractivity contribution in [2.75, 3.05) is 49.4 Å². The number of carbonyl (C=O) groups excluding carboxylic acids is 2. The Morgan fingerprint density at radius 3 is 2.45 bits per heavy atom. The van der Waals surface area contributed by atoms with E-state index >= 15 is 0 Å². The molecule has 12 heteroatoms. The second kappa shape index (κ2) is 14.6. The van der Waals surface area contributed by atoms with Crippen LogP contribution < -0.4 is 25.4 Å². The molecule has 0 unspecified atom stereocenters. The first kappa shape index (κ1) is 31.4. The standard InChI is InChI=1S/C35H37N7O5/c1-3-4-7-24-22-33(42(40-24)25-10-12-26(45-2)13-11-25)39-34(43)37-30-14-15-31(29-9-6-5-8-28(29)30)47-27-16-17-36-32(23-27)38-35(44)41-18-20-46-21-19-41/h5-6,8-17,22-23H,3-4,7,18-21H2,1-2H3,(H,36,38,44)(H2,37,39,43). The van der Waals surface area contributed by atoms with Gasteiger partial charge >= 0.3 is 12.1 Å². The molecule has 47 heavy (non-hydrogen) atoms. The fourth-order valence-electron chi connectivity index (χ4n) is 5.28. The third-order valence-electron chi connectivity index (χ3n) is 7.73. The van der Waals surface area contributed by atoms with Crippen molar-refractivity contribution < 1.29 is 23.8 Å². The van der Waals surface area contributed by atoms with Crippen LogP contribution in [0.2, 0.25) is 0 Å². The Balaban J connectivity index is 1.19. The molecule has 1 saturated heterocycles. The molecule has 4 amide bonds. The van der Waals surface area contributed by atoms with Gasteiger partial charge in [-0.1, -0.05) is 37.6 Å². The lowest BCUT2D eigenvalue weighted by Crippen LogP contribution is -2.43. The van der Waals surface area contributed by atoms with Crippen LogP contribution in [0.1, 0.15) is 25.5 Å². The van der Waals surface area contributed by atoms with Gasteiger partial charge in [0, 0.05) is 42.2 Å². The summed E-state index contributed by atoms with van der Waals surface area (Å²) >= 11 is 0. The van der Waals surface area contributed by atoms with Crippen molar-refractivity contribution in [2.45, 2.75) is 26.2 Å². The molecule has 0 aliphatic carbocycles. The first-order chi connectivity index (χ1) is 23.0. The number of pyridine rings is 1. The number of benzene rings is 3. The van der Waals surface area contributed by atoms with Gasteiger partial charge in [-0.3, -0.25) is 10.6 Å². The van der Waals surface area contributed by atoms with Gasteiger partial charge in [0.15, 0.2) is 0 Å². The summed E-state index contributed by atoms with van der Waals surface area (Å²) in [4.78, 5) is 32.0. The minimum atomic E-state index is -0.407. The van der Waals surface area contributed by atoms with Crippen LogP contribution in [-0.2, 0) is 11.2 Å². The van der Waals surface area contributed by atoms with Crippen LogP contribution in [0.4, 0.5) is 26.9 Å². The molecule has 0 atom stereocenters. The highest BCUT2D eigenvalue weighted by atomic mass is 16.5. The number of hydrogen-bond acceptors (Lipinski definition) is 7. The van der Waals surface area contributed by atoms with E-state index in [1.54, 1.807) is 47.2 Å². The van der Waals surface area contributed by atoms with Gasteiger partial charge in [-0.15, -0.1) is 0 Å². The summed E-state index contributed by atoms with van der Waals surface area (Å²) < 4.78 is 18.6. The molecule has 6 rings (SSSR count). The number of unbranched alkanes of at least 4 members (excludes halogenated alkanes) is 1. The van der Waals surface area contributed by atoms with E-state index in [4.69, 9.17) is 19.3 Å². The largest absolute Gasteiger partial charge is 0.497 e. The molecule has 1 aliphatic rings. The molecule has 1 fully saturated rings. The number of nitrogens with zero attached hydrogens (tertiary/aromatic N) is 4. The Hall–Kier alpha value is -5.62. The minimum Gasteiger partial charge on any atom is -0.497 e. The van der Waals surface area contributed by atoms with E-state index in [1.165, 1.54) is 0 Å². The predicted octanol–water partition coefficient (Wildman–Crippen LogP) is 7.07. The first-order valence-electron chi connectivity index (χ1n) is 15.6. The molecule has 12 nitrogen and oxygen atoms in total. The highest BCUT2D eigenvalue weighted by Gasteiger charge is 2.18. The van der Waals surface area contributed by atoms with Crippen molar-refractivity contribution in [1.82, 2.24) is 19.7 Å². The molecule has 0 saturated carbocycles. The molecular formula is C35H37N7O5. The van der Waals surface area contributed by atoms with Crippen molar-refractivity contribution >= 4 is 40.2 Å². The lowest BCUT2D eigenvalue weighted by molar-refractivity contribution is 0.0564. The van der Waals surface area contributed by atoms with Crippen LogP contribution in [0.15, 0.2) is 85.1 Å². The SMILES string of the molecule is CCCCc1cc(NC(=O)Nc2ccc(Oc3ccnc(NC(=O)N4CCOCC4)c3)c3ccccc23)n(-c2ccc(OC)cc2)n1. The number of rotatable bonds is 10. The molecule has 0 radical (unpaired) electrons.